The van der Waals surface area contributed by atoms with Gasteiger partial charge in [-0.2, -0.15) is 0 Å². The van der Waals surface area contributed by atoms with Gasteiger partial charge in [0.2, 0.25) is 0 Å². The second kappa shape index (κ2) is 7.06. The summed E-state index contributed by atoms with van der Waals surface area (Å²) in [6, 6.07) is 16.1. The second-order valence-corrected chi connectivity index (χ2v) is 5.94. The van der Waals surface area contributed by atoms with Gasteiger partial charge in [-0.25, -0.2) is 4.79 Å². The van der Waals surface area contributed by atoms with Crippen molar-refractivity contribution in [2.24, 2.45) is 0 Å². The normalized spacial score (nSPS) is 10.3. The van der Waals surface area contributed by atoms with E-state index in [1.54, 1.807) is 29.6 Å². The molecular weight excluding hydrogens is 326 g/mol. The first-order chi connectivity index (χ1) is 11.6. The van der Waals surface area contributed by atoms with Crippen LogP contribution in [0.2, 0.25) is 0 Å². The third kappa shape index (κ3) is 3.67. The van der Waals surface area contributed by atoms with Crippen molar-refractivity contribution in [2.75, 3.05) is 6.61 Å². The van der Waals surface area contributed by atoms with Gasteiger partial charge in [-0.1, -0.05) is 36.4 Å². The van der Waals surface area contributed by atoms with Gasteiger partial charge in [0.15, 0.2) is 6.61 Å². The molecule has 0 bridgehead atoms. The van der Waals surface area contributed by atoms with Crippen molar-refractivity contribution in [2.45, 2.75) is 0 Å². The Labute approximate surface area is 141 Å². The topological polar surface area (TPSA) is 72.5 Å². The summed E-state index contributed by atoms with van der Waals surface area (Å²) >= 11 is 1.22. The number of thiophene rings is 1. The highest BCUT2D eigenvalue weighted by molar-refractivity contribution is 7.12. The van der Waals surface area contributed by atoms with E-state index in [4.69, 9.17) is 4.74 Å². The summed E-state index contributed by atoms with van der Waals surface area (Å²) in [5.74, 6) is -1.78. The van der Waals surface area contributed by atoms with Gasteiger partial charge in [0, 0.05) is 0 Å². The first-order valence-corrected chi connectivity index (χ1v) is 8.05. The third-order valence-electron chi connectivity index (χ3n) is 3.32. The van der Waals surface area contributed by atoms with Crippen molar-refractivity contribution in [1.82, 2.24) is 5.32 Å². The molecule has 1 aromatic heterocycles. The molecule has 5 nitrogen and oxygen atoms in total. The summed E-state index contributed by atoms with van der Waals surface area (Å²) < 4.78 is 4.96. The summed E-state index contributed by atoms with van der Waals surface area (Å²) in [6.45, 7) is -0.511. The SMILES string of the molecule is O=C(COC(=O)c1ccc2ccccc2c1)NC(=O)c1cccs1. The fourth-order valence-electron chi connectivity index (χ4n) is 2.16. The second-order valence-electron chi connectivity index (χ2n) is 4.99. The van der Waals surface area contributed by atoms with E-state index < -0.39 is 24.4 Å². The Hall–Kier alpha value is -2.99. The number of rotatable bonds is 4. The highest BCUT2D eigenvalue weighted by atomic mass is 32.1. The fourth-order valence-corrected chi connectivity index (χ4v) is 2.78. The highest BCUT2D eigenvalue weighted by Crippen LogP contribution is 2.16. The van der Waals surface area contributed by atoms with Crippen LogP contribution in [-0.4, -0.2) is 24.4 Å². The molecule has 0 aliphatic carbocycles. The maximum absolute atomic E-state index is 12.0. The van der Waals surface area contributed by atoms with Crippen molar-refractivity contribution in [3.05, 3.63) is 70.4 Å². The van der Waals surface area contributed by atoms with Crippen LogP contribution in [0.4, 0.5) is 0 Å². The number of amides is 2. The molecule has 24 heavy (non-hydrogen) atoms. The molecule has 1 heterocycles. The largest absolute Gasteiger partial charge is 0.452 e. The average Bonchev–Trinajstić information content (AvgIpc) is 3.14. The van der Waals surface area contributed by atoms with Crippen LogP contribution in [0.5, 0.6) is 0 Å². The van der Waals surface area contributed by atoms with Crippen LogP contribution in [0.15, 0.2) is 60.0 Å². The molecule has 6 heteroatoms. The van der Waals surface area contributed by atoms with E-state index in [0.29, 0.717) is 10.4 Å². The van der Waals surface area contributed by atoms with Crippen molar-refractivity contribution < 1.29 is 19.1 Å². The predicted octanol–water partition coefficient (Wildman–Crippen LogP) is 3.01. The molecule has 1 N–H and O–H groups in total. The van der Waals surface area contributed by atoms with Crippen LogP contribution in [-0.2, 0) is 9.53 Å². The van der Waals surface area contributed by atoms with Gasteiger partial charge in [0.1, 0.15) is 0 Å². The molecular formula is C18H13NO4S. The summed E-state index contributed by atoms with van der Waals surface area (Å²) in [6.07, 6.45) is 0. The number of benzene rings is 2. The Morgan fingerprint density at radius 1 is 0.958 bits per heavy atom. The number of hydrogen-bond acceptors (Lipinski definition) is 5. The molecule has 3 rings (SSSR count). The monoisotopic (exact) mass is 339 g/mol. The van der Waals surface area contributed by atoms with Crippen molar-refractivity contribution >= 4 is 39.9 Å². The summed E-state index contributed by atoms with van der Waals surface area (Å²) in [4.78, 5) is 35.9. The first-order valence-electron chi connectivity index (χ1n) is 7.17. The summed E-state index contributed by atoms with van der Waals surface area (Å²) in [7, 11) is 0. The standard InChI is InChI=1S/C18H13NO4S/c20-16(19-17(21)15-6-3-9-24-15)11-23-18(22)14-8-7-12-4-1-2-5-13(12)10-14/h1-10H,11H2,(H,19,20,21). The van der Waals surface area contributed by atoms with E-state index >= 15 is 0 Å². The van der Waals surface area contributed by atoms with Crippen molar-refractivity contribution in [3.8, 4) is 0 Å². The van der Waals surface area contributed by atoms with E-state index in [-0.39, 0.29) is 0 Å². The Bertz CT molecular complexity index is 902. The number of imide groups is 1. The lowest BCUT2D eigenvalue weighted by molar-refractivity contribution is -0.123. The maximum atomic E-state index is 12.0. The Balaban J connectivity index is 1.58. The number of carbonyl (C=O) groups is 3. The van der Waals surface area contributed by atoms with E-state index in [9.17, 15) is 14.4 Å². The number of hydrogen-bond donors (Lipinski definition) is 1. The number of carbonyl (C=O) groups excluding carboxylic acids is 3. The van der Waals surface area contributed by atoms with Crippen molar-refractivity contribution in [3.63, 3.8) is 0 Å². The highest BCUT2D eigenvalue weighted by Gasteiger charge is 2.14. The van der Waals surface area contributed by atoms with Crippen LogP contribution in [0, 0.1) is 0 Å². The van der Waals surface area contributed by atoms with Gasteiger partial charge >= 0.3 is 5.97 Å². The molecule has 2 amide bonds. The lowest BCUT2D eigenvalue weighted by Crippen LogP contribution is -2.33. The molecule has 0 aliphatic heterocycles. The molecule has 2 aromatic carbocycles. The number of fused-ring (bicyclic) bond motifs is 1. The Morgan fingerprint density at radius 2 is 1.75 bits per heavy atom. The Morgan fingerprint density at radius 3 is 2.50 bits per heavy atom. The maximum Gasteiger partial charge on any atom is 0.338 e. The minimum Gasteiger partial charge on any atom is -0.452 e. The average molecular weight is 339 g/mol. The molecule has 0 spiro atoms. The van der Waals surface area contributed by atoms with E-state index in [2.05, 4.69) is 5.32 Å². The van der Waals surface area contributed by atoms with Crippen molar-refractivity contribution in [1.29, 1.82) is 0 Å². The minimum atomic E-state index is -0.664. The fraction of sp³-hybridized carbons (Fsp3) is 0.0556. The lowest BCUT2D eigenvalue weighted by atomic mass is 10.1. The predicted molar refractivity (Wildman–Crippen MR) is 91.0 cm³/mol. The molecule has 0 saturated carbocycles. The minimum absolute atomic E-state index is 0.353. The van der Waals surface area contributed by atoms with Gasteiger partial charge in [-0.05, 0) is 34.4 Å². The van der Waals surface area contributed by atoms with Crippen LogP contribution >= 0.6 is 11.3 Å². The molecule has 0 radical (unpaired) electrons. The summed E-state index contributed by atoms with van der Waals surface area (Å²) in [5, 5.41) is 5.82. The molecule has 0 saturated heterocycles. The lowest BCUT2D eigenvalue weighted by Gasteiger charge is -2.06. The molecule has 0 aliphatic rings. The molecule has 0 fully saturated rings. The van der Waals surface area contributed by atoms with Gasteiger partial charge in [0.05, 0.1) is 10.4 Å². The third-order valence-corrected chi connectivity index (χ3v) is 4.19. The Kier molecular flexibility index (Phi) is 4.67. The number of nitrogens with one attached hydrogen (secondary N) is 1. The molecule has 0 unspecified atom stereocenters. The van der Waals surface area contributed by atoms with E-state index in [0.717, 1.165) is 10.8 Å². The van der Waals surface area contributed by atoms with Gasteiger partial charge in [-0.15, -0.1) is 11.3 Å². The molecule has 0 atom stereocenters. The summed E-state index contributed by atoms with van der Waals surface area (Å²) in [5.41, 5.74) is 0.353. The zero-order chi connectivity index (χ0) is 16.9. The zero-order valence-corrected chi connectivity index (χ0v) is 13.3. The number of esters is 1. The molecule has 3 aromatic rings. The van der Waals surface area contributed by atoms with Crippen LogP contribution in [0.25, 0.3) is 10.8 Å². The van der Waals surface area contributed by atoms with Crippen LogP contribution in [0.1, 0.15) is 20.0 Å². The van der Waals surface area contributed by atoms with Gasteiger partial charge < -0.3 is 4.74 Å². The number of ether oxygens (including phenoxy) is 1. The van der Waals surface area contributed by atoms with E-state index in [1.165, 1.54) is 11.3 Å². The smallest absolute Gasteiger partial charge is 0.338 e. The van der Waals surface area contributed by atoms with Gasteiger partial charge in [0.25, 0.3) is 11.8 Å². The first kappa shape index (κ1) is 15.9. The van der Waals surface area contributed by atoms with E-state index in [1.807, 2.05) is 30.3 Å². The van der Waals surface area contributed by atoms with Crippen LogP contribution < -0.4 is 5.32 Å². The zero-order valence-electron chi connectivity index (χ0n) is 12.5. The van der Waals surface area contributed by atoms with Crippen LogP contribution in [0.3, 0.4) is 0 Å². The molecule has 120 valence electrons. The quantitative estimate of drug-likeness (QED) is 0.742. The van der Waals surface area contributed by atoms with Gasteiger partial charge in [-0.3, -0.25) is 14.9 Å².